The first-order valence-electron chi connectivity index (χ1n) is 5.46. The van der Waals surface area contributed by atoms with Gasteiger partial charge < -0.3 is 9.73 Å². The summed E-state index contributed by atoms with van der Waals surface area (Å²) < 4.78 is 5.39. The SMILES string of the molecule is Cc1cccc2c1N(c1ccco1)CNC2=O. The number of amides is 1. The van der Waals surface area contributed by atoms with Crippen molar-refractivity contribution in [1.29, 1.82) is 0 Å². The molecule has 17 heavy (non-hydrogen) atoms. The van der Waals surface area contributed by atoms with Crippen molar-refractivity contribution in [3.8, 4) is 0 Å². The largest absolute Gasteiger partial charge is 0.448 e. The number of para-hydroxylation sites is 1. The van der Waals surface area contributed by atoms with E-state index in [4.69, 9.17) is 4.42 Å². The van der Waals surface area contributed by atoms with Gasteiger partial charge in [-0.25, -0.2) is 0 Å². The Bertz CT molecular complexity index is 561. The number of furan rings is 1. The summed E-state index contributed by atoms with van der Waals surface area (Å²) in [6.07, 6.45) is 1.63. The van der Waals surface area contributed by atoms with Gasteiger partial charge in [0.05, 0.1) is 24.2 Å². The van der Waals surface area contributed by atoms with Crippen LogP contribution in [-0.4, -0.2) is 12.6 Å². The molecule has 1 aromatic carbocycles. The highest BCUT2D eigenvalue weighted by molar-refractivity contribution is 6.03. The third kappa shape index (κ3) is 1.49. The second-order valence-corrected chi connectivity index (χ2v) is 4.01. The molecule has 0 spiro atoms. The molecule has 0 unspecified atom stereocenters. The Balaban J connectivity index is 2.18. The lowest BCUT2D eigenvalue weighted by Crippen LogP contribution is -2.41. The van der Waals surface area contributed by atoms with E-state index in [1.807, 2.05) is 42.2 Å². The maximum atomic E-state index is 11.8. The van der Waals surface area contributed by atoms with E-state index in [-0.39, 0.29) is 5.91 Å². The van der Waals surface area contributed by atoms with Crippen LogP contribution in [0.15, 0.2) is 41.0 Å². The lowest BCUT2D eigenvalue weighted by molar-refractivity contribution is 0.0949. The summed E-state index contributed by atoms with van der Waals surface area (Å²) in [7, 11) is 0. The van der Waals surface area contributed by atoms with Crippen LogP contribution in [0.5, 0.6) is 0 Å². The van der Waals surface area contributed by atoms with Gasteiger partial charge in [-0.1, -0.05) is 12.1 Å². The molecule has 2 heterocycles. The van der Waals surface area contributed by atoms with Gasteiger partial charge in [0.15, 0.2) is 0 Å². The number of rotatable bonds is 1. The number of anilines is 2. The van der Waals surface area contributed by atoms with E-state index in [9.17, 15) is 4.79 Å². The first-order valence-corrected chi connectivity index (χ1v) is 5.46. The average molecular weight is 228 g/mol. The number of nitrogens with zero attached hydrogens (tertiary/aromatic N) is 1. The number of aryl methyl sites for hydroxylation is 1. The van der Waals surface area contributed by atoms with E-state index in [0.717, 1.165) is 17.1 Å². The average Bonchev–Trinajstić information content (AvgIpc) is 2.84. The number of nitrogens with one attached hydrogen (secondary N) is 1. The minimum absolute atomic E-state index is 0.0356. The van der Waals surface area contributed by atoms with E-state index < -0.39 is 0 Å². The van der Waals surface area contributed by atoms with E-state index in [0.29, 0.717) is 12.2 Å². The van der Waals surface area contributed by atoms with Gasteiger partial charge >= 0.3 is 0 Å². The Morgan fingerprint density at radius 3 is 2.94 bits per heavy atom. The van der Waals surface area contributed by atoms with Gasteiger partial charge in [0.1, 0.15) is 0 Å². The predicted molar refractivity (Wildman–Crippen MR) is 64.4 cm³/mol. The van der Waals surface area contributed by atoms with E-state index in [1.54, 1.807) is 6.26 Å². The summed E-state index contributed by atoms with van der Waals surface area (Å²) in [4.78, 5) is 13.7. The van der Waals surface area contributed by atoms with Crippen molar-refractivity contribution in [3.63, 3.8) is 0 Å². The number of hydrogen-bond acceptors (Lipinski definition) is 3. The van der Waals surface area contributed by atoms with Crippen molar-refractivity contribution in [2.24, 2.45) is 0 Å². The molecule has 0 radical (unpaired) electrons. The Morgan fingerprint density at radius 1 is 1.29 bits per heavy atom. The first kappa shape index (κ1) is 9.96. The molecule has 1 amide bonds. The van der Waals surface area contributed by atoms with Crippen molar-refractivity contribution < 1.29 is 9.21 Å². The van der Waals surface area contributed by atoms with E-state index >= 15 is 0 Å². The summed E-state index contributed by atoms with van der Waals surface area (Å²) in [5.41, 5.74) is 2.67. The number of hydrogen-bond donors (Lipinski definition) is 1. The number of fused-ring (bicyclic) bond motifs is 1. The highest BCUT2D eigenvalue weighted by atomic mass is 16.3. The fourth-order valence-corrected chi connectivity index (χ4v) is 2.14. The van der Waals surface area contributed by atoms with Crippen LogP contribution in [-0.2, 0) is 0 Å². The Hall–Kier alpha value is -2.23. The Morgan fingerprint density at radius 2 is 2.18 bits per heavy atom. The summed E-state index contributed by atoms with van der Waals surface area (Å²) in [5.74, 6) is 0.701. The molecular weight excluding hydrogens is 216 g/mol. The lowest BCUT2D eigenvalue weighted by Gasteiger charge is -2.30. The van der Waals surface area contributed by atoms with Gasteiger partial charge in [-0.2, -0.15) is 0 Å². The molecule has 0 fully saturated rings. The molecule has 0 bridgehead atoms. The zero-order valence-electron chi connectivity index (χ0n) is 9.43. The molecular formula is C13H12N2O2. The zero-order valence-corrected chi connectivity index (χ0v) is 9.43. The van der Waals surface area contributed by atoms with Crippen LogP contribution in [0.25, 0.3) is 0 Å². The van der Waals surface area contributed by atoms with Crippen LogP contribution < -0.4 is 10.2 Å². The van der Waals surface area contributed by atoms with Gasteiger partial charge in [-0.05, 0) is 24.6 Å². The summed E-state index contributed by atoms with van der Waals surface area (Å²) >= 11 is 0. The smallest absolute Gasteiger partial charge is 0.254 e. The van der Waals surface area contributed by atoms with Gasteiger partial charge in [0.25, 0.3) is 5.91 Å². The summed E-state index contributed by atoms with van der Waals surface area (Å²) in [6, 6.07) is 9.43. The molecule has 0 atom stereocenters. The van der Waals surface area contributed by atoms with Crippen LogP contribution in [0, 0.1) is 6.92 Å². The van der Waals surface area contributed by atoms with E-state index in [1.165, 1.54) is 0 Å². The van der Waals surface area contributed by atoms with Gasteiger partial charge in [0.2, 0.25) is 5.88 Å². The second-order valence-electron chi connectivity index (χ2n) is 4.01. The molecule has 0 saturated heterocycles. The molecule has 4 heteroatoms. The molecule has 4 nitrogen and oxygen atoms in total. The monoisotopic (exact) mass is 228 g/mol. The van der Waals surface area contributed by atoms with Crippen LogP contribution >= 0.6 is 0 Å². The molecule has 3 rings (SSSR count). The zero-order chi connectivity index (χ0) is 11.8. The van der Waals surface area contributed by atoms with Gasteiger partial charge in [-0.15, -0.1) is 0 Å². The van der Waals surface area contributed by atoms with Crippen molar-refractivity contribution >= 4 is 17.5 Å². The maximum absolute atomic E-state index is 11.8. The third-order valence-electron chi connectivity index (χ3n) is 2.92. The Kier molecular flexibility index (Phi) is 2.14. The minimum atomic E-state index is -0.0356. The molecule has 1 aliphatic heterocycles. The van der Waals surface area contributed by atoms with Gasteiger partial charge in [0, 0.05) is 6.07 Å². The van der Waals surface area contributed by atoms with Gasteiger partial charge in [-0.3, -0.25) is 9.69 Å². The molecule has 2 aromatic rings. The van der Waals surface area contributed by atoms with E-state index in [2.05, 4.69) is 5.32 Å². The fraction of sp³-hybridized carbons (Fsp3) is 0.154. The molecule has 1 aromatic heterocycles. The van der Waals surface area contributed by atoms with Crippen molar-refractivity contribution in [3.05, 3.63) is 47.7 Å². The molecule has 1 N–H and O–H groups in total. The topological polar surface area (TPSA) is 45.5 Å². The second kappa shape index (κ2) is 3.66. The fourth-order valence-electron chi connectivity index (χ4n) is 2.14. The van der Waals surface area contributed by atoms with Crippen LogP contribution in [0.3, 0.4) is 0 Å². The quantitative estimate of drug-likeness (QED) is 0.815. The normalized spacial score (nSPS) is 14.4. The highest BCUT2D eigenvalue weighted by Gasteiger charge is 2.26. The first-order chi connectivity index (χ1) is 8.27. The molecule has 86 valence electrons. The number of carbonyl (C=O) groups excluding carboxylic acids is 1. The van der Waals surface area contributed by atoms with Crippen molar-refractivity contribution in [2.75, 3.05) is 11.6 Å². The molecule has 0 aliphatic carbocycles. The van der Waals surface area contributed by atoms with Crippen molar-refractivity contribution in [2.45, 2.75) is 6.92 Å². The summed E-state index contributed by atoms with van der Waals surface area (Å²) in [5, 5.41) is 2.83. The number of carbonyl (C=O) groups is 1. The predicted octanol–water partition coefficient (Wildman–Crippen LogP) is 2.43. The standard InChI is InChI=1S/C13H12N2O2/c1-9-4-2-5-10-12(9)15(8-14-13(10)16)11-6-3-7-17-11/h2-7H,8H2,1H3,(H,14,16). The Labute approximate surface area is 98.8 Å². The minimum Gasteiger partial charge on any atom is -0.448 e. The van der Waals surface area contributed by atoms with Crippen molar-refractivity contribution in [1.82, 2.24) is 5.32 Å². The van der Waals surface area contributed by atoms with Crippen LogP contribution in [0.1, 0.15) is 15.9 Å². The molecule has 1 aliphatic rings. The lowest BCUT2D eigenvalue weighted by atomic mass is 10.0. The van der Waals surface area contributed by atoms with Crippen LogP contribution in [0.2, 0.25) is 0 Å². The third-order valence-corrected chi connectivity index (χ3v) is 2.92. The highest BCUT2D eigenvalue weighted by Crippen LogP contribution is 2.33. The van der Waals surface area contributed by atoms with Crippen LogP contribution in [0.4, 0.5) is 11.6 Å². The molecule has 0 saturated carbocycles. The maximum Gasteiger partial charge on any atom is 0.254 e. The number of benzene rings is 1. The summed E-state index contributed by atoms with van der Waals surface area (Å²) in [6.45, 7) is 2.43.